The van der Waals surface area contributed by atoms with Gasteiger partial charge in [-0.15, -0.1) is 6.42 Å². The van der Waals surface area contributed by atoms with E-state index in [1.54, 1.807) is 6.07 Å². The zero-order valence-electron chi connectivity index (χ0n) is 31.7. The first kappa shape index (κ1) is 36.2. The highest BCUT2D eigenvalue weighted by atomic mass is 16.3. The van der Waals surface area contributed by atoms with Crippen LogP contribution in [0.15, 0.2) is 54.6 Å². The molecular formula is C48H58O5. The van der Waals surface area contributed by atoms with Crippen LogP contribution in [0.5, 0.6) is 17.2 Å². The number of aromatic hydroxyl groups is 3. The molecule has 0 heterocycles. The van der Waals surface area contributed by atoms with Crippen LogP contribution in [-0.4, -0.2) is 31.8 Å². The number of aryl methyl sites for hydroxylation is 4. The Balaban J connectivity index is 0.000000119. The number of rotatable bonds is 0. The second kappa shape index (κ2) is 13.8. The SMILES string of the molecule is C#C[C@]1(O)CCC2C3CCc4cc(O)ccc4C3CC[C@@]21C.C[C@]12CCC3c4ccc(O)cc4CCC3C1CCC2=O.Oc1ccc2c(c1)CCCC2. The Labute approximate surface area is 316 Å². The Morgan fingerprint density at radius 3 is 1.77 bits per heavy atom. The van der Waals surface area contributed by atoms with Gasteiger partial charge in [-0.2, -0.15) is 0 Å². The highest BCUT2D eigenvalue weighted by Crippen LogP contribution is 2.64. The van der Waals surface area contributed by atoms with Crippen LogP contribution < -0.4 is 0 Å². The average molecular weight is 715 g/mol. The van der Waals surface area contributed by atoms with Crippen LogP contribution in [0, 0.1) is 46.8 Å². The van der Waals surface area contributed by atoms with Crippen LogP contribution in [0.3, 0.4) is 0 Å². The van der Waals surface area contributed by atoms with E-state index in [4.69, 9.17) is 6.42 Å². The highest BCUT2D eigenvalue weighted by molar-refractivity contribution is 5.87. The summed E-state index contributed by atoms with van der Waals surface area (Å²) in [6, 6.07) is 17.5. The van der Waals surface area contributed by atoms with Crippen LogP contribution in [0.1, 0.15) is 136 Å². The van der Waals surface area contributed by atoms with Crippen molar-refractivity contribution in [2.24, 2.45) is 34.5 Å². The molecule has 280 valence electrons. The smallest absolute Gasteiger partial charge is 0.139 e. The van der Waals surface area contributed by atoms with Crippen LogP contribution in [-0.2, 0) is 30.5 Å². The lowest BCUT2D eigenvalue weighted by molar-refractivity contribution is -0.129. The summed E-state index contributed by atoms with van der Waals surface area (Å²) in [6.45, 7) is 4.43. The molecule has 0 bridgehead atoms. The lowest BCUT2D eigenvalue weighted by Crippen LogP contribution is -2.50. The Morgan fingerprint density at radius 2 is 1.15 bits per heavy atom. The van der Waals surface area contributed by atoms with Crippen molar-refractivity contribution in [1.29, 1.82) is 0 Å². The van der Waals surface area contributed by atoms with E-state index in [9.17, 15) is 25.2 Å². The molecule has 4 N–H and O–H groups in total. The van der Waals surface area contributed by atoms with Crippen molar-refractivity contribution in [1.82, 2.24) is 0 Å². The minimum absolute atomic E-state index is 0.0322. The molecule has 10 rings (SSSR count). The van der Waals surface area contributed by atoms with E-state index in [1.165, 1.54) is 59.1 Å². The van der Waals surface area contributed by atoms with Crippen LogP contribution in [0.4, 0.5) is 0 Å². The monoisotopic (exact) mass is 714 g/mol. The number of ketones is 1. The largest absolute Gasteiger partial charge is 0.508 e. The Bertz CT molecular complexity index is 1920. The molecule has 5 nitrogen and oxygen atoms in total. The van der Waals surface area contributed by atoms with Gasteiger partial charge in [0.2, 0.25) is 0 Å². The van der Waals surface area contributed by atoms with Crippen molar-refractivity contribution in [2.45, 2.75) is 134 Å². The van der Waals surface area contributed by atoms with Crippen molar-refractivity contribution in [3.8, 4) is 29.6 Å². The number of carbonyl (C=O) groups is 1. The molecule has 7 aliphatic rings. The number of carbonyl (C=O) groups excluding carboxylic acids is 1. The molecule has 5 heteroatoms. The van der Waals surface area contributed by atoms with Gasteiger partial charge in [-0.3, -0.25) is 4.79 Å². The van der Waals surface area contributed by atoms with E-state index in [0.29, 0.717) is 58.5 Å². The van der Waals surface area contributed by atoms with Gasteiger partial charge in [0.25, 0.3) is 0 Å². The summed E-state index contributed by atoms with van der Waals surface area (Å²) < 4.78 is 0. The van der Waals surface area contributed by atoms with Gasteiger partial charge < -0.3 is 20.4 Å². The number of phenols is 3. The Hall–Kier alpha value is -3.75. The van der Waals surface area contributed by atoms with Gasteiger partial charge in [-0.1, -0.05) is 38.0 Å². The van der Waals surface area contributed by atoms with Gasteiger partial charge >= 0.3 is 0 Å². The molecule has 7 aliphatic carbocycles. The molecule has 0 saturated heterocycles. The molecule has 9 atom stereocenters. The fourth-order valence-electron chi connectivity index (χ4n) is 12.9. The summed E-state index contributed by atoms with van der Waals surface area (Å²) in [6.07, 6.45) is 23.0. The molecule has 6 unspecified atom stereocenters. The summed E-state index contributed by atoms with van der Waals surface area (Å²) in [5, 5.41) is 39.5. The van der Waals surface area contributed by atoms with Gasteiger partial charge in [-0.25, -0.2) is 0 Å². The molecule has 0 aliphatic heterocycles. The van der Waals surface area contributed by atoms with Crippen molar-refractivity contribution in [3.63, 3.8) is 0 Å². The fraction of sp³-hybridized carbons (Fsp3) is 0.562. The Kier molecular flexibility index (Phi) is 9.46. The van der Waals surface area contributed by atoms with Crippen LogP contribution >= 0.6 is 0 Å². The van der Waals surface area contributed by atoms with Crippen molar-refractivity contribution in [3.05, 3.63) is 88.0 Å². The minimum atomic E-state index is -0.919. The summed E-state index contributed by atoms with van der Waals surface area (Å²) in [5.74, 6) is 8.01. The second-order valence-electron chi connectivity index (χ2n) is 18.2. The molecule has 4 fully saturated rings. The van der Waals surface area contributed by atoms with Crippen LogP contribution in [0.2, 0.25) is 0 Å². The van der Waals surface area contributed by atoms with Gasteiger partial charge in [0.15, 0.2) is 0 Å². The first-order chi connectivity index (χ1) is 25.4. The normalized spacial score (nSPS) is 35.8. The molecule has 0 amide bonds. The van der Waals surface area contributed by atoms with Crippen molar-refractivity contribution < 1.29 is 25.2 Å². The number of phenolic OH excluding ortho intramolecular Hbond substituents is 3. The predicted octanol–water partition coefficient (Wildman–Crippen LogP) is 9.70. The summed E-state index contributed by atoms with van der Waals surface area (Å²) in [7, 11) is 0. The third-order valence-electron chi connectivity index (χ3n) is 15.9. The first-order valence-corrected chi connectivity index (χ1v) is 20.6. The number of hydrogen-bond acceptors (Lipinski definition) is 5. The first-order valence-electron chi connectivity index (χ1n) is 20.6. The van der Waals surface area contributed by atoms with Gasteiger partial charge in [0.05, 0.1) is 0 Å². The third kappa shape index (κ3) is 6.18. The molecule has 4 saturated carbocycles. The maximum atomic E-state index is 12.3. The van der Waals surface area contributed by atoms with Crippen molar-refractivity contribution in [2.75, 3.05) is 0 Å². The maximum absolute atomic E-state index is 12.3. The van der Waals surface area contributed by atoms with E-state index in [1.807, 2.05) is 36.4 Å². The summed E-state index contributed by atoms with van der Waals surface area (Å²) in [4.78, 5) is 12.3. The quantitative estimate of drug-likeness (QED) is 0.174. The van der Waals surface area contributed by atoms with E-state index >= 15 is 0 Å². The molecule has 3 aromatic rings. The van der Waals surface area contributed by atoms with Gasteiger partial charge in [0.1, 0.15) is 28.6 Å². The van der Waals surface area contributed by atoms with Crippen LogP contribution in [0.25, 0.3) is 0 Å². The molecular weight excluding hydrogens is 657 g/mol. The maximum Gasteiger partial charge on any atom is 0.139 e. The second-order valence-corrected chi connectivity index (χ2v) is 18.2. The Morgan fingerprint density at radius 1 is 0.604 bits per heavy atom. The molecule has 0 spiro atoms. The zero-order valence-corrected chi connectivity index (χ0v) is 31.7. The zero-order chi connectivity index (χ0) is 37.1. The molecule has 0 radical (unpaired) electrons. The van der Waals surface area contributed by atoms with Gasteiger partial charge in [-0.05, 0) is 202 Å². The van der Waals surface area contributed by atoms with E-state index < -0.39 is 5.60 Å². The number of Topliss-reactive ketones (excluding diaryl/α,β-unsaturated/α-hetero) is 1. The third-order valence-corrected chi connectivity index (χ3v) is 15.9. The lowest BCUT2D eigenvalue weighted by Gasteiger charge is -2.52. The minimum Gasteiger partial charge on any atom is -0.508 e. The number of terminal acetylenes is 1. The summed E-state index contributed by atoms with van der Waals surface area (Å²) in [5.41, 5.74) is 7.21. The van der Waals surface area contributed by atoms with E-state index in [-0.39, 0.29) is 10.8 Å². The topological polar surface area (TPSA) is 98.0 Å². The summed E-state index contributed by atoms with van der Waals surface area (Å²) >= 11 is 0. The predicted molar refractivity (Wildman–Crippen MR) is 209 cm³/mol. The van der Waals surface area contributed by atoms with Crippen molar-refractivity contribution >= 4 is 5.78 Å². The molecule has 3 aromatic carbocycles. The number of fused-ring (bicyclic) bond motifs is 11. The fourth-order valence-corrected chi connectivity index (χ4v) is 12.9. The lowest BCUT2D eigenvalue weighted by atomic mass is 9.53. The average Bonchev–Trinajstić information content (AvgIpc) is 3.62. The molecule has 53 heavy (non-hydrogen) atoms. The van der Waals surface area contributed by atoms with E-state index in [2.05, 4.69) is 31.9 Å². The molecule has 0 aromatic heterocycles. The standard InChI is InChI=1S/C20H24O2.C18H22O2.C10H12O/c1-3-20(22)11-9-18-17-6-4-13-12-14(21)5-7-15(13)16(17)8-10-19(18,20)2;1-18-9-8-14-13-5-3-12(19)10-11(13)2-4-15(14)16(18)6-7-17(18)20;11-10-6-5-8-3-1-2-4-9(8)7-10/h1,5,7,12,16-18,21-22H,4,6,8-11H2,2H3;3,5,10,14-16,19H,2,4,6-9H2,1H3;5-7,11H,1-4H2/t16?,17?,18?,19-,20-;14?,15?,16?,18-;/m00./s1. The number of aliphatic hydroxyl groups is 1. The highest BCUT2D eigenvalue weighted by Gasteiger charge is 2.61. The van der Waals surface area contributed by atoms with Gasteiger partial charge in [0, 0.05) is 17.3 Å². The van der Waals surface area contributed by atoms with E-state index in [0.717, 1.165) is 77.0 Å². The number of hydrogen-bond donors (Lipinski definition) is 4. The number of benzene rings is 3.